The zero-order valence-corrected chi connectivity index (χ0v) is 7.90. The lowest BCUT2D eigenvalue weighted by Crippen LogP contribution is -1.97. The molecule has 0 aromatic heterocycles. The summed E-state index contributed by atoms with van der Waals surface area (Å²) < 4.78 is 5.25. The molecule has 0 spiro atoms. The molecule has 0 bridgehead atoms. The number of carbonyl (C=O) groups is 1. The molecule has 0 N–H and O–H groups in total. The van der Waals surface area contributed by atoms with Gasteiger partial charge in [-0.15, -0.1) is 6.58 Å². The first-order chi connectivity index (χ1) is 6.83. The molecule has 2 heteroatoms. The molecule has 72 valence electrons. The number of hydrogen-bond acceptors (Lipinski definition) is 2. The summed E-state index contributed by atoms with van der Waals surface area (Å²) in [6, 6.07) is 7.55. The Morgan fingerprint density at radius 1 is 1.43 bits per heavy atom. The zero-order valence-electron chi connectivity index (χ0n) is 7.90. The Balaban J connectivity index is 2.25. The number of allylic oxidation sites excluding steroid dienone is 1. The second-order valence-corrected chi connectivity index (χ2v) is 3.35. The van der Waals surface area contributed by atoms with E-state index >= 15 is 0 Å². The molecule has 0 aliphatic carbocycles. The third-order valence-electron chi connectivity index (χ3n) is 2.41. The average Bonchev–Trinajstić information content (AvgIpc) is 2.54. The molecule has 0 saturated carbocycles. The fraction of sp³-hybridized carbons (Fsp3) is 0.250. The molecule has 1 atom stereocenters. The van der Waals surface area contributed by atoms with Crippen LogP contribution in [0, 0.1) is 0 Å². The number of ether oxygens (including phenoxy) is 1. The predicted molar refractivity (Wildman–Crippen MR) is 54.0 cm³/mol. The van der Waals surface area contributed by atoms with Crippen LogP contribution >= 0.6 is 0 Å². The second kappa shape index (κ2) is 3.66. The quantitative estimate of drug-likeness (QED) is 0.538. The molecular weight excluding hydrogens is 176 g/mol. The molecule has 1 aromatic carbocycles. The van der Waals surface area contributed by atoms with Crippen LogP contribution in [0.2, 0.25) is 0 Å². The number of esters is 1. The van der Waals surface area contributed by atoms with Gasteiger partial charge in [-0.1, -0.05) is 24.3 Å². The van der Waals surface area contributed by atoms with Crippen molar-refractivity contribution in [3.8, 4) is 0 Å². The van der Waals surface area contributed by atoms with Crippen molar-refractivity contribution in [3.05, 3.63) is 48.0 Å². The van der Waals surface area contributed by atoms with Gasteiger partial charge in [0.15, 0.2) is 0 Å². The molecule has 2 rings (SSSR count). The summed E-state index contributed by atoms with van der Waals surface area (Å²) in [4.78, 5) is 11.4. The summed E-state index contributed by atoms with van der Waals surface area (Å²) in [7, 11) is 0. The molecule has 1 heterocycles. The molecular formula is C12H12O2. The molecule has 1 aromatic rings. The highest BCUT2D eigenvalue weighted by atomic mass is 16.5. The maximum atomic E-state index is 11.4. The highest BCUT2D eigenvalue weighted by Crippen LogP contribution is 2.33. The third kappa shape index (κ3) is 1.43. The van der Waals surface area contributed by atoms with Crippen LogP contribution < -0.4 is 0 Å². The van der Waals surface area contributed by atoms with Crippen molar-refractivity contribution in [3.63, 3.8) is 0 Å². The molecule has 14 heavy (non-hydrogen) atoms. The molecule has 0 radical (unpaired) electrons. The van der Waals surface area contributed by atoms with Crippen molar-refractivity contribution >= 4 is 5.97 Å². The molecule has 0 saturated heterocycles. The maximum Gasteiger partial charge on any atom is 0.339 e. The minimum atomic E-state index is -0.199. The summed E-state index contributed by atoms with van der Waals surface area (Å²) in [5.41, 5.74) is 1.72. The van der Waals surface area contributed by atoms with E-state index in [0.29, 0.717) is 5.56 Å². The van der Waals surface area contributed by atoms with E-state index in [9.17, 15) is 4.79 Å². The number of benzene rings is 1. The monoisotopic (exact) mass is 188 g/mol. The van der Waals surface area contributed by atoms with Crippen molar-refractivity contribution in [2.75, 3.05) is 0 Å². The van der Waals surface area contributed by atoms with Gasteiger partial charge >= 0.3 is 5.97 Å². The maximum absolute atomic E-state index is 11.4. The fourth-order valence-electron chi connectivity index (χ4n) is 1.70. The van der Waals surface area contributed by atoms with Gasteiger partial charge in [0.2, 0.25) is 0 Å². The lowest BCUT2D eigenvalue weighted by molar-refractivity contribution is 0.0371. The number of cyclic esters (lactones) is 1. The second-order valence-electron chi connectivity index (χ2n) is 3.35. The van der Waals surface area contributed by atoms with Gasteiger partial charge in [-0.25, -0.2) is 4.79 Å². The summed E-state index contributed by atoms with van der Waals surface area (Å²) in [5, 5.41) is 0. The van der Waals surface area contributed by atoms with Crippen molar-refractivity contribution < 1.29 is 9.53 Å². The van der Waals surface area contributed by atoms with Crippen molar-refractivity contribution in [1.82, 2.24) is 0 Å². The number of hydrogen-bond donors (Lipinski definition) is 0. The van der Waals surface area contributed by atoms with E-state index in [1.54, 1.807) is 0 Å². The first-order valence-electron chi connectivity index (χ1n) is 4.73. The van der Waals surface area contributed by atoms with Gasteiger partial charge in [-0.2, -0.15) is 0 Å². The van der Waals surface area contributed by atoms with E-state index in [4.69, 9.17) is 4.74 Å². The lowest BCUT2D eigenvalue weighted by atomic mass is 10.0. The third-order valence-corrected chi connectivity index (χ3v) is 2.41. The molecule has 0 unspecified atom stereocenters. The summed E-state index contributed by atoms with van der Waals surface area (Å²) in [5.74, 6) is -0.199. The van der Waals surface area contributed by atoms with Crippen molar-refractivity contribution in [2.24, 2.45) is 0 Å². The number of rotatable bonds is 3. The van der Waals surface area contributed by atoms with Crippen molar-refractivity contribution in [2.45, 2.75) is 18.9 Å². The Hall–Kier alpha value is -1.57. The van der Waals surface area contributed by atoms with Gasteiger partial charge in [0.1, 0.15) is 6.10 Å². The highest BCUT2D eigenvalue weighted by molar-refractivity contribution is 5.93. The van der Waals surface area contributed by atoms with E-state index in [0.717, 1.165) is 18.4 Å². The van der Waals surface area contributed by atoms with Crippen LogP contribution in [-0.4, -0.2) is 5.97 Å². The minimum absolute atomic E-state index is 0.0725. The van der Waals surface area contributed by atoms with E-state index in [-0.39, 0.29) is 12.1 Å². The summed E-state index contributed by atoms with van der Waals surface area (Å²) in [6.45, 7) is 3.66. The molecule has 0 fully saturated rings. The minimum Gasteiger partial charge on any atom is -0.454 e. The van der Waals surface area contributed by atoms with Gasteiger partial charge < -0.3 is 4.74 Å². The Bertz CT molecular complexity index is 368. The van der Waals surface area contributed by atoms with Gasteiger partial charge in [0.25, 0.3) is 0 Å². The smallest absolute Gasteiger partial charge is 0.339 e. The Labute approximate surface area is 83.2 Å². The topological polar surface area (TPSA) is 26.3 Å². The first-order valence-corrected chi connectivity index (χ1v) is 4.73. The standard InChI is InChI=1S/C12H12O2/c1-2-3-8-11-9-6-4-5-7-10(9)12(13)14-11/h2,4-7,11H,1,3,8H2/t11-/m0/s1. The molecule has 2 nitrogen and oxygen atoms in total. The van der Waals surface area contributed by atoms with Crippen LogP contribution in [0.25, 0.3) is 0 Å². The van der Waals surface area contributed by atoms with Gasteiger partial charge in [0.05, 0.1) is 5.56 Å². The highest BCUT2D eigenvalue weighted by Gasteiger charge is 2.29. The molecule has 1 aliphatic rings. The fourth-order valence-corrected chi connectivity index (χ4v) is 1.70. The Morgan fingerprint density at radius 3 is 3.00 bits per heavy atom. The van der Waals surface area contributed by atoms with E-state index < -0.39 is 0 Å². The van der Waals surface area contributed by atoms with Crippen LogP contribution in [0.5, 0.6) is 0 Å². The summed E-state index contributed by atoms with van der Waals surface area (Å²) >= 11 is 0. The Kier molecular flexibility index (Phi) is 2.35. The number of fused-ring (bicyclic) bond motifs is 1. The van der Waals surface area contributed by atoms with E-state index in [1.165, 1.54) is 0 Å². The van der Waals surface area contributed by atoms with Crippen molar-refractivity contribution in [1.29, 1.82) is 0 Å². The number of carbonyl (C=O) groups excluding carboxylic acids is 1. The van der Waals surface area contributed by atoms with E-state index in [1.807, 2.05) is 30.3 Å². The van der Waals surface area contributed by atoms with Crippen LogP contribution in [0.4, 0.5) is 0 Å². The van der Waals surface area contributed by atoms with Crippen LogP contribution in [-0.2, 0) is 4.74 Å². The van der Waals surface area contributed by atoms with Gasteiger partial charge in [0, 0.05) is 5.56 Å². The van der Waals surface area contributed by atoms with E-state index in [2.05, 4.69) is 6.58 Å². The zero-order chi connectivity index (χ0) is 9.97. The lowest BCUT2D eigenvalue weighted by Gasteiger charge is -2.08. The van der Waals surface area contributed by atoms with Gasteiger partial charge in [-0.3, -0.25) is 0 Å². The van der Waals surface area contributed by atoms with Crippen LogP contribution in [0.15, 0.2) is 36.9 Å². The van der Waals surface area contributed by atoms with Crippen LogP contribution in [0.3, 0.4) is 0 Å². The molecule has 1 aliphatic heterocycles. The van der Waals surface area contributed by atoms with Crippen LogP contribution in [0.1, 0.15) is 34.9 Å². The van der Waals surface area contributed by atoms with Gasteiger partial charge in [-0.05, 0) is 18.9 Å². The largest absolute Gasteiger partial charge is 0.454 e. The normalized spacial score (nSPS) is 18.9. The summed E-state index contributed by atoms with van der Waals surface area (Å²) in [6.07, 6.45) is 3.46. The molecule has 0 amide bonds. The average molecular weight is 188 g/mol. The predicted octanol–water partition coefficient (Wildman–Crippen LogP) is 2.86. The SMILES string of the molecule is C=CCC[C@@H]1OC(=O)c2ccccc21. The first kappa shape index (κ1) is 9.00. The Morgan fingerprint density at radius 2 is 2.21 bits per heavy atom.